The molecule has 0 aliphatic rings. The van der Waals surface area contributed by atoms with Crippen molar-refractivity contribution < 1.29 is 9.55 Å². The molecule has 2 rings (SSSR count). The van der Waals surface area contributed by atoms with E-state index < -0.39 is 4.92 Å². The number of non-ortho nitro benzene ring substituents is 1. The summed E-state index contributed by atoms with van der Waals surface area (Å²) < 4.78 is 4.47. The molecule has 0 radical (unpaired) electrons. The zero-order valence-corrected chi connectivity index (χ0v) is 5.88. The lowest BCUT2D eigenvalue weighted by Crippen LogP contribution is -1.89. The van der Waals surface area contributed by atoms with Gasteiger partial charge in [-0.15, -0.1) is 0 Å². The Kier molecular flexibility index (Phi) is 1.26. The van der Waals surface area contributed by atoms with Gasteiger partial charge in [-0.2, -0.15) is 0 Å². The summed E-state index contributed by atoms with van der Waals surface area (Å²) in [4.78, 5) is 11.0. The SMILES string of the molecule is O=[N+]([O-])c1cccc(-n2[n-]o2)c1. The summed E-state index contributed by atoms with van der Waals surface area (Å²) in [6, 6.07) is 6.04. The molecule has 0 unspecified atom stereocenters. The minimum atomic E-state index is -0.465. The van der Waals surface area contributed by atoms with E-state index in [0.717, 1.165) is 0 Å². The van der Waals surface area contributed by atoms with Gasteiger partial charge in [0.25, 0.3) is 5.69 Å². The molecule has 2 aromatic rings. The molecule has 1 aromatic heterocycles. The van der Waals surface area contributed by atoms with Crippen molar-refractivity contribution in [2.45, 2.75) is 0 Å². The van der Waals surface area contributed by atoms with Gasteiger partial charge in [0.15, 0.2) is 0 Å². The molecule has 0 spiro atoms. The van der Waals surface area contributed by atoms with Gasteiger partial charge in [0.1, 0.15) is 0 Å². The Balaban J connectivity index is 2.42. The van der Waals surface area contributed by atoms with Crippen molar-refractivity contribution in [3.8, 4) is 5.69 Å². The van der Waals surface area contributed by atoms with Gasteiger partial charge in [-0.05, 0) is 5.69 Å². The molecule has 1 heterocycles. The van der Waals surface area contributed by atoms with Crippen LogP contribution in [0.5, 0.6) is 0 Å². The number of hydrogen-bond donors (Lipinski definition) is 0. The maximum Gasteiger partial charge on any atom is 0.269 e. The molecule has 0 aliphatic heterocycles. The number of nitro benzene ring substituents is 1. The van der Waals surface area contributed by atoms with Crippen molar-refractivity contribution in [1.29, 1.82) is 0 Å². The number of hydrogen-bond acceptors (Lipinski definition) is 3. The topological polar surface area (TPSA) is 75.3 Å². The van der Waals surface area contributed by atoms with Gasteiger partial charge in [0.2, 0.25) is 0 Å². The molecule has 0 fully saturated rings. The monoisotopic (exact) mass is 166 g/mol. The molecular weight excluding hydrogens is 162 g/mol. The first-order valence-corrected chi connectivity index (χ1v) is 3.20. The van der Waals surface area contributed by atoms with Crippen LogP contribution in [0.1, 0.15) is 0 Å². The fourth-order valence-electron chi connectivity index (χ4n) is 0.838. The van der Waals surface area contributed by atoms with Crippen molar-refractivity contribution in [3.05, 3.63) is 34.4 Å². The van der Waals surface area contributed by atoms with E-state index in [2.05, 4.69) is 9.90 Å². The van der Waals surface area contributed by atoms with Crippen LogP contribution in [0.15, 0.2) is 28.9 Å². The number of rotatable bonds is 2. The van der Waals surface area contributed by atoms with Crippen LogP contribution in [0.25, 0.3) is 5.69 Å². The largest absolute Gasteiger partial charge is 0.454 e. The molecular formula is C6H4N3O3-. The van der Waals surface area contributed by atoms with Crippen molar-refractivity contribution in [1.82, 2.24) is 10.1 Å². The first-order valence-electron chi connectivity index (χ1n) is 3.20. The molecule has 0 N–H and O–H groups in total. The highest BCUT2D eigenvalue weighted by Gasteiger charge is 2.04. The van der Waals surface area contributed by atoms with Crippen LogP contribution in [0.3, 0.4) is 0 Å². The number of nitro groups is 1. The van der Waals surface area contributed by atoms with Crippen molar-refractivity contribution in [2.24, 2.45) is 0 Å². The first-order chi connectivity index (χ1) is 5.77. The molecule has 0 atom stereocenters. The maximum absolute atomic E-state index is 10.3. The molecule has 6 heteroatoms. The number of benzene rings is 1. The molecule has 0 saturated heterocycles. The van der Waals surface area contributed by atoms with E-state index in [0.29, 0.717) is 5.69 Å². The predicted octanol–water partition coefficient (Wildman–Crippen LogP) is 0.936. The average molecular weight is 166 g/mol. The van der Waals surface area contributed by atoms with Crippen LogP contribution in [0.4, 0.5) is 5.69 Å². The van der Waals surface area contributed by atoms with Crippen LogP contribution < -0.4 is 5.27 Å². The lowest BCUT2D eigenvalue weighted by atomic mass is 10.3. The lowest BCUT2D eigenvalue weighted by molar-refractivity contribution is -0.384. The Morgan fingerprint density at radius 2 is 2.33 bits per heavy atom. The highest BCUT2D eigenvalue weighted by molar-refractivity contribution is 5.41. The zero-order chi connectivity index (χ0) is 8.55. The molecule has 6 nitrogen and oxygen atoms in total. The van der Waals surface area contributed by atoms with Crippen LogP contribution in [-0.4, -0.2) is 9.78 Å². The maximum atomic E-state index is 10.3. The Hall–Kier alpha value is -1.98. The van der Waals surface area contributed by atoms with Gasteiger partial charge >= 0.3 is 0 Å². The van der Waals surface area contributed by atoms with Crippen LogP contribution in [-0.2, 0) is 0 Å². The average Bonchev–Trinajstić information content (AvgIpc) is 2.87. The van der Waals surface area contributed by atoms with E-state index in [9.17, 15) is 10.1 Å². The number of aromatic nitrogens is 2. The van der Waals surface area contributed by atoms with Crippen molar-refractivity contribution in [2.75, 3.05) is 0 Å². The highest BCUT2D eigenvalue weighted by atomic mass is 16.7. The third kappa shape index (κ3) is 1.09. The molecule has 62 valence electrons. The minimum Gasteiger partial charge on any atom is -0.454 e. The van der Waals surface area contributed by atoms with E-state index in [-0.39, 0.29) is 5.69 Å². The van der Waals surface area contributed by atoms with Gasteiger partial charge in [0.05, 0.1) is 4.92 Å². The third-order valence-corrected chi connectivity index (χ3v) is 1.42. The normalized spacial score (nSPS) is 10.3. The van der Waals surface area contributed by atoms with Crippen molar-refractivity contribution in [3.63, 3.8) is 0 Å². The van der Waals surface area contributed by atoms with Crippen molar-refractivity contribution >= 4 is 5.69 Å². The predicted molar refractivity (Wildman–Crippen MR) is 38.0 cm³/mol. The fourth-order valence-corrected chi connectivity index (χ4v) is 0.838. The smallest absolute Gasteiger partial charge is 0.269 e. The molecule has 0 aliphatic carbocycles. The molecule has 0 bridgehead atoms. The standard InChI is InChI=1S/C6H4N3O3/c10-9(11)6-3-1-2-5(4-6)8-7-12-8/h1-4H/q-1. The van der Waals surface area contributed by atoms with E-state index in [4.69, 9.17) is 0 Å². The van der Waals surface area contributed by atoms with Gasteiger partial charge < -0.3 is 4.63 Å². The van der Waals surface area contributed by atoms with Gasteiger partial charge in [-0.3, -0.25) is 20.2 Å². The lowest BCUT2D eigenvalue weighted by Gasteiger charge is -1.97. The van der Waals surface area contributed by atoms with E-state index in [1.165, 1.54) is 17.0 Å². The summed E-state index contributed by atoms with van der Waals surface area (Å²) in [5.74, 6) is 0. The van der Waals surface area contributed by atoms with E-state index >= 15 is 0 Å². The molecule has 0 saturated carbocycles. The third-order valence-electron chi connectivity index (χ3n) is 1.42. The summed E-state index contributed by atoms with van der Waals surface area (Å²) in [7, 11) is 0. The summed E-state index contributed by atoms with van der Waals surface area (Å²) in [5.41, 5.74) is 0.586. The van der Waals surface area contributed by atoms with Crippen LogP contribution in [0.2, 0.25) is 0 Å². The van der Waals surface area contributed by atoms with Gasteiger partial charge in [0, 0.05) is 12.1 Å². The fraction of sp³-hybridized carbons (Fsp3) is 0. The summed E-state index contributed by atoms with van der Waals surface area (Å²) in [6.45, 7) is 0. The summed E-state index contributed by atoms with van der Waals surface area (Å²) >= 11 is 0. The second-order valence-electron chi connectivity index (χ2n) is 2.21. The van der Waals surface area contributed by atoms with Gasteiger partial charge in [-0.1, -0.05) is 12.1 Å². The quantitative estimate of drug-likeness (QED) is 0.491. The summed E-state index contributed by atoms with van der Waals surface area (Å²) in [5, 5.41) is 13.7. The van der Waals surface area contributed by atoms with Crippen LogP contribution >= 0.6 is 0 Å². The second kappa shape index (κ2) is 2.26. The molecule has 12 heavy (non-hydrogen) atoms. The summed E-state index contributed by atoms with van der Waals surface area (Å²) in [6.07, 6.45) is 0. The van der Waals surface area contributed by atoms with Gasteiger partial charge in [-0.25, -0.2) is 0 Å². The molecule has 1 aromatic carbocycles. The Labute approximate surface area is 66.4 Å². The second-order valence-corrected chi connectivity index (χ2v) is 2.21. The minimum absolute atomic E-state index is 0.0261. The Morgan fingerprint density at radius 1 is 1.58 bits per heavy atom. The Morgan fingerprint density at radius 3 is 2.92 bits per heavy atom. The Bertz CT molecular complexity index is 389. The number of nitrogens with zero attached hydrogens (tertiary/aromatic N) is 3. The van der Waals surface area contributed by atoms with E-state index in [1.54, 1.807) is 12.1 Å². The van der Waals surface area contributed by atoms with E-state index in [1.807, 2.05) is 0 Å². The highest BCUT2D eigenvalue weighted by Crippen LogP contribution is 2.15. The zero-order valence-electron chi connectivity index (χ0n) is 5.88. The molecule has 0 amide bonds. The van der Waals surface area contributed by atoms with Crippen LogP contribution in [0, 0.1) is 10.1 Å². The first kappa shape index (κ1) is 6.71.